The summed E-state index contributed by atoms with van der Waals surface area (Å²) in [5.74, 6) is 0. The summed E-state index contributed by atoms with van der Waals surface area (Å²) in [7, 11) is 0. The Morgan fingerprint density at radius 1 is 1.33 bits per heavy atom. The number of anilines is 1. The van der Waals surface area contributed by atoms with Crippen LogP contribution in [-0.4, -0.2) is 21.2 Å². The van der Waals surface area contributed by atoms with E-state index >= 15 is 0 Å². The van der Waals surface area contributed by atoms with Crippen LogP contribution in [-0.2, 0) is 0 Å². The Labute approximate surface area is 149 Å². The summed E-state index contributed by atoms with van der Waals surface area (Å²) in [6.07, 6.45) is 6.29. The average Bonchev–Trinajstić information content (AvgIpc) is 3.02. The molecule has 1 N–H and O–H groups in total. The van der Waals surface area contributed by atoms with Gasteiger partial charge in [0.2, 0.25) is 5.13 Å². The van der Waals surface area contributed by atoms with E-state index < -0.39 is 0 Å². The van der Waals surface area contributed by atoms with Gasteiger partial charge in [-0.3, -0.25) is 10.1 Å². The van der Waals surface area contributed by atoms with Gasteiger partial charge in [0.05, 0.1) is 4.92 Å². The fourth-order valence-corrected chi connectivity index (χ4v) is 4.94. The maximum absolute atomic E-state index is 10.9. The SMILES string of the molecule is CC(Sc1nnc(NC2CCCCC2)s1)c1cccc([N+](=O)[O-])c1. The lowest BCUT2D eigenvalue weighted by Crippen LogP contribution is -2.21. The molecule has 0 amide bonds. The number of non-ortho nitro benzene ring substituents is 1. The van der Waals surface area contributed by atoms with Gasteiger partial charge in [-0.15, -0.1) is 10.2 Å². The average molecular weight is 364 g/mol. The molecule has 1 aliphatic rings. The predicted octanol–water partition coefficient (Wildman–Crippen LogP) is 5.04. The Bertz CT molecular complexity index is 701. The first kappa shape index (κ1) is 17.2. The number of rotatable bonds is 6. The molecule has 6 nitrogen and oxygen atoms in total. The third kappa shape index (κ3) is 4.45. The van der Waals surface area contributed by atoms with Gasteiger partial charge >= 0.3 is 0 Å². The second-order valence-corrected chi connectivity index (χ2v) is 8.53. The van der Waals surface area contributed by atoms with Gasteiger partial charge in [-0.1, -0.05) is 54.5 Å². The number of aromatic nitrogens is 2. The topological polar surface area (TPSA) is 81.0 Å². The normalized spacial score (nSPS) is 16.7. The molecular formula is C16H20N4O2S2. The summed E-state index contributed by atoms with van der Waals surface area (Å²) in [6, 6.07) is 7.28. The Balaban J connectivity index is 1.61. The van der Waals surface area contributed by atoms with Gasteiger partial charge in [-0.25, -0.2) is 0 Å². The van der Waals surface area contributed by atoms with Crippen molar-refractivity contribution in [1.82, 2.24) is 10.2 Å². The van der Waals surface area contributed by atoms with Crippen molar-refractivity contribution in [3.8, 4) is 0 Å². The molecule has 3 rings (SSSR count). The van der Waals surface area contributed by atoms with Gasteiger partial charge in [0.1, 0.15) is 0 Å². The minimum absolute atomic E-state index is 0.0837. The van der Waals surface area contributed by atoms with Crippen molar-refractivity contribution in [1.29, 1.82) is 0 Å². The van der Waals surface area contributed by atoms with Crippen LogP contribution >= 0.6 is 23.1 Å². The zero-order chi connectivity index (χ0) is 16.9. The van der Waals surface area contributed by atoms with Crippen LogP contribution in [0.15, 0.2) is 28.6 Å². The van der Waals surface area contributed by atoms with Gasteiger partial charge in [-0.05, 0) is 25.3 Å². The van der Waals surface area contributed by atoms with Gasteiger partial charge in [0, 0.05) is 23.4 Å². The highest BCUT2D eigenvalue weighted by Crippen LogP contribution is 2.38. The largest absolute Gasteiger partial charge is 0.357 e. The molecule has 2 aromatic rings. The third-order valence-electron chi connectivity index (χ3n) is 4.17. The van der Waals surface area contributed by atoms with Crippen LogP contribution in [0.5, 0.6) is 0 Å². The molecule has 128 valence electrons. The molecule has 8 heteroatoms. The van der Waals surface area contributed by atoms with Crippen molar-refractivity contribution >= 4 is 33.9 Å². The van der Waals surface area contributed by atoms with Crippen LogP contribution in [0.2, 0.25) is 0 Å². The molecule has 0 bridgehead atoms. The molecule has 1 aromatic heterocycles. The molecular weight excluding hydrogens is 344 g/mol. The Morgan fingerprint density at radius 2 is 2.12 bits per heavy atom. The summed E-state index contributed by atoms with van der Waals surface area (Å²) >= 11 is 3.14. The first-order valence-electron chi connectivity index (χ1n) is 8.13. The summed E-state index contributed by atoms with van der Waals surface area (Å²) in [4.78, 5) is 10.5. The number of nitro groups is 1. The number of nitrogens with one attached hydrogen (secondary N) is 1. The highest BCUT2D eigenvalue weighted by molar-refractivity contribution is 8.01. The van der Waals surface area contributed by atoms with E-state index in [1.54, 1.807) is 35.2 Å². The van der Waals surface area contributed by atoms with Crippen LogP contribution in [0.1, 0.15) is 49.8 Å². The van der Waals surface area contributed by atoms with Gasteiger partial charge in [0.15, 0.2) is 4.34 Å². The second-order valence-electron chi connectivity index (χ2n) is 5.96. The van der Waals surface area contributed by atoms with E-state index in [4.69, 9.17) is 0 Å². The fourth-order valence-electron chi connectivity index (χ4n) is 2.85. The number of hydrogen-bond donors (Lipinski definition) is 1. The maximum Gasteiger partial charge on any atom is 0.269 e. The van der Waals surface area contributed by atoms with Crippen LogP contribution in [0.25, 0.3) is 0 Å². The monoisotopic (exact) mass is 364 g/mol. The van der Waals surface area contributed by atoms with Crippen molar-refractivity contribution in [2.24, 2.45) is 0 Å². The van der Waals surface area contributed by atoms with E-state index in [1.807, 2.05) is 13.0 Å². The van der Waals surface area contributed by atoms with E-state index in [9.17, 15) is 10.1 Å². The second kappa shape index (κ2) is 7.94. The molecule has 0 radical (unpaired) electrons. The molecule has 24 heavy (non-hydrogen) atoms. The van der Waals surface area contributed by atoms with E-state index in [0.29, 0.717) is 6.04 Å². The lowest BCUT2D eigenvalue weighted by Gasteiger charge is -2.21. The van der Waals surface area contributed by atoms with Gasteiger partial charge < -0.3 is 5.32 Å². The van der Waals surface area contributed by atoms with E-state index in [-0.39, 0.29) is 15.9 Å². The highest BCUT2D eigenvalue weighted by Gasteiger charge is 2.17. The lowest BCUT2D eigenvalue weighted by atomic mass is 9.96. The minimum Gasteiger partial charge on any atom is -0.357 e. The maximum atomic E-state index is 10.9. The van der Waals surface area contributed by atoms with Gasteiger partial charge in [-0.2, -0.15) is 0 Å². The zero-order valence-corrected chi connectivity index (χ0v) is 15.1. The number of benzene rings is 1. The molecule has 1 unspecified atom stereocenters. The molecule has 1 aromatic carbocycles. The van der Waals surface area contributed by atoms with E-state index in [1.165, 1.54) is 38.2 Å². The Kier molecular flexibility index (Phi) is 5.68. The summed E-state index contributed by atoms with van der Waals surface area (Å²) in [6.45, 7) is 2.03. The number of thioether (sulfide) groups is 1. The third-order valence-corrected chi connectivity index (χ3v) is 6.26. The van der Waals surface area contributed by atoms with E-state index in [2.05, 4.69) is 15.5 Å². The zero-order valence-electron chi connectivity index (χ0n) is 13.5. The smallest absolute Gasteiger partial charge is 0.269 e. The molecule has 1 saturated carbocycles. The Hall–Kier alpha value is -1.67. The van der Waals surface area contributed by atoms with Crippen molar-refractivity contribution in [3.63, 3.8) is 0 Å². The first-order chi connectivity index (χ1) is 11.6. The first-order valence-corrected chi connectivity index (χ1v) is 9.82. The quantitative estimate of drug-likeness (QED) is 0.439. The number of nitro benzene ring substituents is 1. The van der Waals surface area contributed by atoms with Crippen molar-refractivity contribution in [3.05, 3.63) is 39.9 Å². The number of nitrogens with zero attached hydrogens (tertiary/aromatic N) is 3. The molecule has 1 heterocycles. The summed E-state index contributed by atoms with van der Waals surface area (Å²) in [5, 5.41) is 23.8. The van der Waals surface area contributed by atoms with Crippen molar-refractivity contribution in [2.45, 2.75) is 54.7 Å². The van der Waals surface area contributed by atoms with E-state index in [0.717, 1.165) is 15.0 Å². The number of hydrogen-bond acceptors (Lipinski definition) is 7. The predicted molar refractivity (Wildman–Crippen MR) is 97.8 cm³/mol. The van der Waals surface area contributed by atoms with Crippen LogP contribution < -0.4 is 5.32 Å². The molecule has 0 saturated heterocycles. The van der Waals surface area contributed by atoms with Crippen LogP contribution in [0.3, 0.4) is 0 Å². The Morgan fingerprint density at radius 3 is 2.88 bits per heavy atom. The van der Waals surface area contributed by atoms with Crippen LogP contribution in [0.4, 0.5) is 10.8 Å². The molecule has 0 spiro atoms. The van der Waals surface area contributed by atoms with Gasteiger partial charge in [0.25, 0.3) is 5.69 Å². The van der Waals surface area contributed by atoms with Crippen LogP contribution in [0, 0.1) is 10.1 Å². The fraction of sp³-hybridized carbons (Fsp3) is 0.500. The molecule has 1 fully saturated rings. The minimum atomic E-state index is -0.363. The summed E-state index contributed by atoms with van der Waals surface area (Å²) in [5.41, 5.74) is 1.04. The molecule has 1 atom stereocenters. The molecule has 0 aliphatic heterocycles. The summed E-state index contributed by atoms with van der Waals surface area (Å²) < 4.78 is 0.882. The van der Waals surface area contributed by atoms with Crippen molar-refractivity contribution in [2.75, 3.05) is 5.32 Å². The highest BCUT2D eigenvalue weighted by atomic mass is 32.2. The lowest BCUT2D eigenvalue weighted by molar-refractivity contribution is -0.384. The molecule has 1 aliphatic carbocycles. The van der Waals surface area contributed by atoms with Crippen molar-refractivity contribution < 1.29 is 4.92 Å². The standard InChI is InChI=1S/C16H20N4O2S2/c1-11(12-6-5-9-14(10-12)20(21)22)23-16-19-18-15(24-16)17-13-7-3-2-4-8-13/h5-6,9-11,13H,2-4,7-8H2,1H3,(H,17,18).